The van der Waals surface area contributed by atoms with E-state index in [1.54, 1.807) is 4.90 Å². The van der Waals surface area contributed by atoms with Gasteiger partial charge in [0, 0.05) is 19.0 Å². The van der Waals surface area contributed by atoms with Gasteiger partial charge in [0.15, 0.2) is 0 Å². The summed E-state index contributed by atoms with van der Waals surface area (Å²) in [5.41, 5.74) is 1.04. The summed E-state index contributed by atoms with van der Waals surface area (Å²) in [6.45, 7) is 2.34. The van der Waals surface area contributed by atoms with Gasteiger partial charge in [-0.05, 0) is 25.3 Å². The quantitative estimate of drug-likeness (QED) is 0.855. The van der Waals surface area contributed by atoms with Crippen molar-refractivity contribution in [3.8, 4) is 0 Å². The number of nitrogens with zero attached hydrogens (tertiary/aromatic N) is 1. The summed E-state index contributed by atoms with van der Waals surface area (Å²) < 4.78 is 0. The third-order valence-electron chi connectivity index (χ3n) is 5.44. The predicted octanol–water partition coefficient (Wildman–Crippen LogP) is 1.97. The summed E-state index contributed by atoms with van der Waals surface area (Å²) >= 11 is 0. The van der Waals surface area contributed by atoms with Crippen molar-refractivity contribution in [2.45, 2.75) is 44.7 Å². The van der Waals surface area contributed by atoms with Crippen molar-refractivity contribution in [1.29, 1.82) is 0 Å². The highest BCUT2D eigenvalue weighted by Gasteiger charge is 2.40. The van der Waals surface area contributed by atoms with Gasteiger partial charge in [-0.2, -0.15) is 0 Å². The molecule has 134 valence electrons. The van der Waals surface area contributed by atoms with Crippen LogP contribution < -0.4 is 5.32 Å². The standard InChI is InChI=1S/C19H24N2O4/c1-12(13-6-3-2-4-7-13)21-11-14(10-17(21)22)18(23)20-16-9-5-8-15(16)19(24)25/h2-4,6-7,12,14-16H,5,8-11H2,1H3,(H,20,23)(H,24,25)/t12-,14-,15-,16+/m1/s1. The number of hydrogen-bond acceptors (Lipinski definition) is 3. The second-order valence-electron chi connectivity index (χ2n) is 7.02. The maximum absolute atomic E-state index is 12.5. The molecule has 1 heterocycles. The maximum atomic E-state index is 12.5. The molecule has 4 atom stereocenters. The van der Waals surface area contributed by atoms with Gasteiger partial charge in [0.1, 0.15) is 0 Å². The highest BCUT2D eigenvalue weighted by molar-refractivity contribution is 5.90. The van der Waals surface area contributed by atoms with Gasteiger partial charge in [0.2, 0.25) is 11.8 Å². The number of hydrogen-bond donors (Lipinski definition) is 2. The lowest BCUT2D eigenvalue weighted by Gasteiger charge is -2.25. The van der Waals surface area contributed by atoms with Gasteiger partial charge in [-0.25, -0.2) is 0 Å². The minimum absolute atomic E-state index is 0.0299. The van der Waals surface area contributed by atoms with E-state index < -0.39 is 17.8 Å². The predicted molar refractivity (Wildman–Crippen MR) is 91.6 cm³/mol. The van der Waals surface area contributed by atoms with Crippen LogP contribution >= 0.6 is 0 Å². The van der Waals surface area contributed by atoms with Crippen molar-refractivity contribution in [3.63, 3.8) is 0 Å². The van der Waals surface area contributed by atoms with Gasteiger partial charge in [-0.1, -0.05) is 36.8 Å². The van der Waals surface area contributed by atoms with Gasteiger partial charge in [-0.15, -0.1) is 0 Å². The molecule has 0 aromatic heterocycles. The Labute approximate surface area is 147 Å². The zero-order chi connectivity index (χ0) is 18.0. The maximum Gasteiger partial charge on any atom is 0.308 e. The van der Waals surface area contributed by atoms with E-state index in [-0.39, 0.29) is 30.3 Å². The molecule has 0 spiro atoms. The molecule has 1 aliphatic carbocycles. The number of amides is 2. The SMILES string of the molecule is C[C@H](c1ccccc1)N1C[C@H](C(=O)N[C@H]2CCC[C@H]2C(=O)O)CC1=O. The second kappa shape index (κ2) is 7.25. The van der Waals surface area contributed by atoms with Gasteiger partial charge >= 0.3 is 5.97 Å². The first kappa shape index (κ1) is 17.5. The van der Waals surface area contributed by atoms with E-state index >= 15 is 0 Å². The third kappa shape index (κ3) is 3.67. The van der Waals surface area contributed by atoms with Crippen LogP contribution in [0.4, 0.5) is 0 Å². The van der Waals surface area contributed by atoms with E-state index in [1.807, 2.05) is 37.3 Å². The van der Waals surface area contributed by atoms with Crippen LogP contribution in [-0.4, -0.2) is 40.4 Å². The van der Waals surface area contributed by atoms with Crippen molar-refractivity contribution in [1.82, 2.24) is 10.2 Å². The Bertz CT molecular complexity index is 661. The summed E-state index contributed by atoms with van der Waals surface area (Å²) in [6.07, 6.45) is 2.28. The normalized spacial score (nSPS) is 27.3. The van der Waals surface area contributed by atoms with E-state index in [1.165, 1.54) is 0 Å². The van der Waals surface area contributed by atoms with Crippen molar-refractivity contribution in [3.05, 3.63) is 35.9 Å². The van der Waals surface area contributed by atoms with Crippen LogP contribution in [0.1, 0.15) is 44.2 Å². The molecule has 6 nitrogen and oxygen atoms in total. The van der Waals surface area contributed by atoms with Crippen LogP contribution in [0.15, 0.2) is 30.3 Å². The summed E-state index contributed by atoms with van der Waals surface area (Å²) in [6, 6.07) is 9.35. The monoisotopic (exact) mass is 344 g/mol. The van der Waals surface area contributed by atoms with E-state index in [0.29, 0.717) is 19.4 Å². The lowest BCUT2D eigenvalue weighted by molar-refractivity contribution is -0.142. The summed E-state index contributed by atoms with van der Waals surface area (Å²) in [4.78, 5) is 37.9. The number of carboxylic acids is 1. The number of aliphatic carboxylic acids is 1. The van der Waals surface area contributed by atoms with Crippen molar-refractivity contribution in [2.75, 3.05) is 6.54 Å². The van der Waals surface area contributed by atoms with Crippen LogP contribution in [0, 0.1) is 11.8 Å². The van der Waals surface area contributed by atoms with Crippen LogP contribution in [-0.2, 0) is 14.4 Å². The molecule has 1 aromatic rings. The molecule has 2 N–H and O–H groups in total. The number of carbonyl (C=O) groups is 3. The molecule has 1 aromatic carbocycles. The van der Waals surface area contributed by atoms with Crippen molar-refractivity contribution >= 4 is 17.8 Å². The molecule has 2 fully saturated rings. The Morgan fingerprint density at radius 2 is 1.96 bits per heavy atom. The Morgan fingerprint density at radius 1 is 1.24 bits per heavy atom. The minimum Gasteiger partial charge on any atom is -0.481 e. The van der Waals surface area contributed by atoms with E-state index in [2.05, 4.69) is 5.32 Å². The first-order chi connectivity index (χ1) is 12.0. The molecule has 0 bridgehead atoms. The zero-order valence-electron chi connectivity index (χ0n) is 14.4. The number of nitrogens with one attached hydrogen (secondary N) is 1. The molecular formula is C19H24N2O4. The Balaban J connectivity index is 1.62. The second-order valence-corrected chi connectivity index (χ2v) is 7.02. The Hall–Kier alpha value is -2.37. The van der Waals surface area contributed by atoms with Crippen LogP contribution in [0.25, 0.3) is 0 Å². The third-order valence-corrected chi connectivity index (χ3v) is 5.44. The molecule has 6 heteroatoms. The molecular weight excluding hydrogens is 320 g/mol. The largest absolute Gasteiger partial charge is 0.481 e. The van der Waals surface area contributed by atoms with Gasteiger partial charge in [-0.3, -0.25) is 14.4 Å². The lowest BCUT2D eigenvalue weighted by atomic mass is 10.0. The smallest absolute Gasteiger partial charge is 0.308 e. The average molecular weight is 344 g/mol. The fourth-order valence-corrected chi connectivity index (χ4v) is 3.92. The summed E-state index contributed by atoms with van der Waals surface area (Å²) in [5, 5.41) is 12.1. The van der Waals surface area contributed by atoms with Gasteiger partial charge in [0.05, 0.1) is 17.9 Å². The highest BCUT2D eigenvalue weighted by atomic mass is 16.4. The molecule has 2 aliphatic rings. The number of likely N-dealkylation sites (tertiary alicyclic amines) is 1. The number of carbonyl (C=O) groups excluding carboxylic acids is 2. The first-order valence-corrected chi connectivity index (χ1v) is 8.85. The van der Waals surface area contributed by atoms with Crippen LogP contribution in [0.5, 0.6) is 0 Å². The average Bonchev–Trinajstić information content (AvgIpc) is 3.21. The van der Waals surface area contributed by atoms with Crippen molar-refractivity contribution in [2.24, 2.45) is 11.8 Å². The number of rotatable bonds is 5. The lowest BCUT2D eigenvalue weighted by Crippen LogP contribution is -2.43. The van der Waals surface area contributed by atoms with E-state index in [9.17, 15) is 19.5 Å². The number of carboxylic acid groups (broad SMARTS) is 1. The van der Waals surface area contributed by atoms with Crippen molar-refractivity contribution < 1.29 is 19.5 Å². The van der Waals surface area contributed by atoms with Crippen LogP contribution in [0.3, 0.4) is 0 Å². The van der Waals surface area contributed by atoms with E-state index in [4.69, 9.17) is 0 Å². The molecule has 1 saturated carbocycles. The van der Waals surface area contributed by atoms with E-state index in [0.717, 1.165) is 12.0 Å². The Morgan fingerprint density at radius 3 is 2.64 bits per heavy atom. The Kier molecular flexibility index (Phi) is 5.06. The number of benzene rings is 1. The fourth-order valence-electron chi connectivity index (χ4n) is 3.92. The molecule has 3 rings (SSSR count). The fraction of sp³-hybridized carbons (Fsp3) is 0.526. The highest BCUT2D eigenvalue weighted by Crippen LogP contribution is 2.30. The minimum atomic E-state index is -0.857. The summed E-state index contributed by atoms with van der Waals surface area (Å²) in [5.74, 6) is -2.01. The topological polar surface area (TPSA) is 86.7 Å². The molecule has 0 unspecified atom stereocenters. The molecule has 0 radical (unpaired) electrons. The molecule has 25 heavy (non-hydrogen) atoms. The zero-order valence-corrected chi connectivity index (χ0v) is 14.4. The summed E-state index contributed by atoms with van der Waals surface area (Å²) in [7, 11) is 0. The first-order valence-electron chi connectivity index (χ1n) is 8.85. The molecule has 2 amide bonds. The molecule has 1 aliphatic heterocycles. The van der Waals surface area contributed by atoms with Gasteiger partial charge in [0.25, 0.3) is 0 Å². The van der Waals surface area contributed by atoms with Gasteiger partial charge < -0.3 is 15.3 Å². The van der Waals surface area contributed by atoms with Crippen LogP contribution in [0.2, 0.25) is 0 Å². The molecule has 1 saturated heterocycles.